The average Bonchev–Trinajstić information content (AvgIpc) is 0.762. The fourth-order valence-electron chi connectivity index (χ4n) is 15.0. The van der Waals surface area contributed by atoms with E-state index in [2.05, 4.69) is 198 Å². The van der Waals surface area contributed by atoms with Crippen molar-refractivity contribution in [2.75, 3.05) is 96.1 Å². The molecular weight excluding hydrogens is 1360 g/mol. The van der Waals surface area contributed by atoms with Gasteiger partial charge in [0.1, 0.15) is 11.5 Å². The van der Waals surface area contributed by atoms with Crippen LogP contribution >= 0.6 is 47.8 Å². The number of Topliss-reactive ketones (excluding diaryl/α,β-unsaturated/α-hetero) is 1. The van der Waals surface area contributed by atoms with Gasteiger partial charge in [-0.3, -0.25) is 19.5 Å². The summed E-state index contributed by atoms with van der Waals surface area (Å²) in [6.07, 6.45) is 4.66. The van der Waals surface area contributed by atoms with Crippen LogP contribution in [0, 0.1) is 13.8 Å². The fraction of sp³-hybridized carbons (Fsp3) is 0.459. The van der Waals surface area contributed by atoms with Crippen LogP contribution < -0.4 is 20.7 Å². The van der Waals surface area contributed by atoms with Crippen molar-refractivity contribution in [1.82, 2.24) is 34.3 Å². The number of aryl methyl sites for hydroxylation is 2. The summed E-state index contributed by atoms with van der Waals surface area (Å²) in [6, 6.07) is 51.0. The summed E-state index contributed by atoms with van der Waals surface area (Å²) < 4.78 is 8.42. The topological polar surface area (TPSA) is 157 Å². The molecule has 6 fully saturated rings. The Labute approximate surface area is 576 Å². The lowest BCUT2D eigenvalue weighted by Gasteiger charge is -2.59. The zero-order valence-electron chi connectivity index (χ0n) is 55.1. The third-order valence-corrected chi connectivity index (χ3v) is 21.7. The van der Waals surface area contributed by atoms with Crippen molar-refractivity contribution < 1.29 is 29.0 Å². The second-order valence-corrected chi connectivity index (χ2v) is 28.9. The van der Waals surface area contributed by atoms with Crippen LogP contribution in [0.15, 0.2) is 159 Å². The molecular formula is C74H93Br3N10O6. The molecule has 0 aliphatic carbocycles. The molecule has 6 heterocycles. The number of ketones is 1. The minimum Gasteiger partial charge on any atom is -0.497 e. The first kappa shape index (κ1) is 69.7. The molecule has 0 saturated carbocycles. The summed E-state index contributed by atoms with van der Waals surface area (Å²) in [5, 5.41) is 19.7. The van der Waals surface area contributed by atoms with Crippen LogP contribution in [0.3, 0.4) is 0 Å². The van der Waals surface area contributed by atoms with Crippen molar-refractivity contribution in [2.45, 2.75) is 139 Å². The number of amides is 6. The summed E-state index contributed by atoms with van der Waals surface area (Å²) in [7, 11) is 5.94. The van der Waals surface area contributed by atoms with Gasteiger partial charge >= 0.3 is 18.1 Å². The number of likely N-dealkylation sites (N-methyl/N-ethyl adjacent to an activating group) is 1. The number of hydrogen-bond donors (Lipinski definition) is 4. The second kappa shape index (κ2) is 32.1. The standard InChI is InChI=1S/C26H35BrN4O.C24H30BrN3O3.C24H28BrN3O2/c1-5-23-25(19-8-10-20(27)11-9-19)24-17-30(15-14-22(29(3)4)16-31(23)24)26(32)28-21-12-6-18(2)7-13-21;1-3-21-23(16-4-6-17(25)7-5-16)22-15-27(13-12-19(29)14-28(21)22)24(30)26-18-8-10-20(31-2)11-9-18;1-3-21-23(17-6-8-18(25)9-7-17)22-15-27(13-12-20(29)14-28(21)22)24(30)26-19-10-4-16(2)5-11-19/h6-13,22-25H,5,14-17H2,1-4H3,(H,28,32);4-11,19,21-23,29H,3,12-15H2,1-2H3,(H,26,30);4-11,21-23H,3,12-15H2,1-2H3,(H,26,30)/t22?,23-,24+,25+;19?,21-,22+,23+;21-,22+,23+/m111/s1. The van der Waals surface area contributed by atoms with Crippen LogP contribution in [0.25, 0.3) is 0 Å². The molecule has 16 nitrogen and oxygen atoms in total. The molecule has 6 saturated heterocycles. The van der Waals surface area contributed by atoms with Crippen molar-refractivity contribution in [3.63, 3.8) is 0 Å². The number of anilines is 3. The maximum absolute atomic E-state index is 13.3. The zero-order chi connectivity index (χ0) is 66.0. The first-order valence-corrected chi connectivity index (χ1v) is 35.6. The molecule has 12 rings (SSSR count). The Morgan fingerprint density at radius 1 is 0.495 bits per heavy atom. The van der Waals surface area contributed by atoms with E-state index in [1.807, 2.05) is 94.4 Å². The van der Waals surface area contributed by atoms with Crippen molar-refractivity contribution >= 4 is 88.7 Å². The van der Waals surface area contributed by atoms with Gasteiger partial charge in [-0.1, -0.05) is 140 Å². The van der Waals surface area contributed by atoms with Gasteiger partial charge in [0.05, 0.1) is 19.8 Å². The highest BCUT2D eigenvalue weighted by Crippen LogP contribution is 2.47. The molecule has 6 aromatic rings. The molecule has 11 atom stereocenters. The highest BCUT2D eigenvalue weighted by molar-refractivity contribution is 9.11. The summed E-state index contributed by atoms with van der Waals surface area (Å²) in [5.41, 5.74) is 8.65. The number of methoxy groups -OCH3 is 1. The Balaban J connectivity index is 0.000000153. The molecule has 0 radical (unpaired) electrons. The molecule has 19 heteroatoms. The van der Waals surface area contributed by atoms with Crippen LogP contribution in [0.4, 0.5) is 31.4 Å². The van der Waals surface area contributed by atoms with Gasteiger partial charge in [-0.2, -0.15) is 0 Å². The maximum atomic E-state index is 13.3. The number of carbonyl (C=O) groups is 4. The van der Waals surface area contributed by atoms with Crippen molar-refractivity contribution in [2.24, 2.45) is 0 Å². The van der Waals surface area contributed by atoms with Crippen molar-refractivity contribution in [3.05, 3.63) is 187 Å². The van der Waals surface area contributed by atoms with Gasteiger partial charge in [0.15, 0.2) is 0 Å². The Bertz CT molecular complexity index is 3440. The monoisotopic (exact) mass is 1450 g/mol. The largest absolute Gasteiger partial charge is 0.497 e. The zero-order valence-corrected chi connectivity index (χ0v) is 59.8. The third kappa shape index (κ3) is 16.9. The van der Waals surface area contributed by atoms with E-state index in [0.717, 1.165) is 87.1 Å². The predicted octanol–water partition coefficient (Wildman–Crippen LogP) is 14.3. The number of aliphatic hydroxyl groups excluding tert-OH is 1. The molecule has 0 spiro atoms. The Kier molecular flexibility index (Phi) is 24.0. The van der Waals surface area contributed by atoms with Gasteiger partial charge in [0.25, 0.3) is 0 Å². The molecule has 6 amide bonds. The Morgan fingerprint density at radius 2 is 0.849 bits per heavy atom. The predicted molar refractivity (Wildman–Crippen MR) is 384 cm³/mol. The quantitative estimate of drug-likeness (QED) is 0.0985. The minimum atomic E-state index is -0.431. The lowest BCUT2D eigenvalue weighted by Crippen LogP contribution is -2.69. The van der Waals surface area contributed by atoms with E-state index in [4.69, 9.17) is 4.74 Å². The van der Waals surface area contributed by atoms with E-state index in [1.165, 1.54) is 22.3 Å². The van der Waals surface area contributed by atoms with E-state index < -0.39 is 6.10 Å². The number of nitrogens with one attached hydrogen (secondary N) is 3. The number of rotatable bonds is 11. The first-order valence-electron chi connectivity index (χ1n) is 33.2. The highest BCUT2D eigenvalue weighted by Gasteiger charge is 2.53. The van der Waals surface area contributed by atoms with Crippen LogP contribution in [0.2, 0.25) is 0 Å². The van der Waals surface area contributed by atoms with E-state index >= 15 is 0 Å². The molecule has 2 unspecified atom stereocenters. The van der Waals surface area contributed by atoms with Gasteiger partial charge in [0.2, 0.25) is 0 Å². The Hall–Kier alpha value is -6.16. The van der Waals surface area contributed by atoms with Gasteiger partial charge in [-0.25, -0.2) is 14.4 Å². The average molecular weight is 1460 g/mol. The molecule has 6 aliphatic rings. The normalized spacial score (nSPS) is 25.6. The van der Waals surface area contributed by atoms with Crippen molar-refractivity contribution in [1.29, 1.82) is 0 Å². The number of aliphatic hydroxyl groups is 1. The van der Waals surface area contributed by atoms with Gasteiger partial charge in [0, 0.05) is 149 Å². The number of benzene rings is 6. The first-order chi connectivity index (χ1) is 44.8. The SMILES string of the molecule is CC[C@@H]1[C@H](c2ccc(Br)cc2)[C@@H]2CN(C(=O)Nc3ccc(C)cc3)CCC(=O)CN12.CC[C@@H]1[C@H](c2ccc(Br)cc2)[C@@H]2CN(C(=O)Nc3ccc(C)cc3)CCC(N(C)C)CN12.CC[C@@H]1[C@H](c2ccc(Br)cc2)[C@@H]2CN(C(=O)Nc3ccc(OC)cc3)CCC(O)CN12. The number of carbonyl (C=O) groups excluding carboxylic acids is 4. The number of hydrogen-bond acceptors (Lipinski definition) is 10. The summed E-state index contributed by atoms with van der Waals surface area (Å²) >= 11 is 10.6. The molecule has 496 valence electrons. The summed E-state index contributed by atoms with van der Waals surface area (Å²) in [6.45, 7) is 16.8. The number of nitrogens with zero attached hydrogens (tertiary/aromatic N) is 7. The smallest absolute Gasteiger partial charge is 0.321 e. The molecule has 6 aromatic carbocycles. The number of halogens is 3. The number of fused-ring (bicyclic) bond motifs is 3. The number of urea groups is 3. The van der Waals surface area contributed by atoms with Gasteiger partial charge < -0.3 is 45.4 Å². The van der Waals surface area contributed by atoms with Crippen LogP contribution in [0.5, 0.6) is 5.75 Å². The molecule has 93 heavy (non-hydrogen) atoms. The van der Waals surface area contributed by atoms with Gasteiger partial charge in [-0.15, -0.1) is 0 Å². The highest BCUT2D eigenvalue weighted by atomic mass is 79.9. The number of ether oxygens (including phenoxy) is 1. The molecule has 6 aliphatic heterocycles. The molecule has 0 aromatic heterocycles. The molecule has 0 bridgehead atoms. The lowest BCUT2D eigenvalue weighted by atomic mass is 9.72. The van der Waals surface area contributed by atoms with E-state index in [9.17, 15) is 24.3 Å². The maximum Gasteiger partial charge on any atom is 0.321 e. The summed E-state index contributed by atoms with van der Waals surface area (Å²) in [4.78, 5) is 67.3. The summed E-state index contributed by atoms with van der Waals surface area (Å²) in [5.74, 6) is 2.08. The van der Waals surface area contributed by atoms with E-state index in [0.29, 0.717) is 100 Å². The van der Waals surface area contributed by atoms with Gasteiger partial charge in [-0.05, 0) is 162 Å². The minimum absolute atomic E-state index is 0.00251. The van der Waals surface area contributed by atoms with Crippen molar-refractivity contribution in [3.8, 4) is 5.75 Å². The fourth-order valence-corrected chi connectivity index (χ4v) is 15.8. The Morgan fingerprint density at radius 3 is 1.24 bits per heavy atom. The third-order valence-electron chi connectivity index (χ3n) is 20.2. The second-order valence-electron chi connectivity index (χ2n) is 26.2. The lowest BCUT2D eigenvalue weighted by molar-refractivity contribution is -0.128. The van der Waals surface area contributed by atoms with Crippen LogP contribution in [0.1, 0.15) is 105 Å². The van der Waals surface area contributed by atoms with Crippen LogP contribution in [-0.2, 0) is 4.79 Å². The molecule has 4 N–H and O–H groups in total. The van der Waals surface area contributed by atoms with E-state index in [1.54, 1.807) is 7.11 Å². The van der Waals surface area contributed by atoms with Crippen LogP contribution in [-0.4, -0.2) is 192 Å². The van der Waals surface area contributed by atoms with E-state index in [-0.39, 0.29) is 36.0 Å².